The lowest BCUT2D eigenvalue weighted by Gasteiger charge is -2.18. The van der Waals surface area contributed by atoms with Gasteiger partial charge in [0.05, 0.1) is 22.1 Å². The summed E-state index contributed by atoms with van der Waals surface area (Å²) >= 11 is 0. The third-order valence-electron chi connectivity index (χ3n) is 16.3. The van der Waals surface area contributed by atoms with Gasteiger partial charge in [-0.3, -0.25) is 0 Å². The van der Waals surface area contributed by atoms with Crippen LogP contribution in [0.25, 0.3) is 111 Å². The molecular weight excluding hydrogens is 957 g/mol. The summed E-state index contributed by atoms with van der Waals surface area (Å²) < 4.78 is 36.7. The maximum absolute atomic E-state index is 16.0. The number of hydrogen-bond donors (Lipinski definition) is 0. The van der Waals surface area contributed by atoms with Gasteiger partial charge < -0.3 is 9.13 Å². The summed E-state index contributed by atoms with van der Waals surface area (Å²) in [5.41, 5.74) is 29.9. The summed E-state index contributed by atoms with van der Waals surface area (Å²) in [5, 5.41) is 14.2. The summed E-state index contributed by atoms with van der Waals surface area (Å²) in [4.78, 5) is 0. The number of aromatic nitrogens is 2. The molecule has 0 saturated heterocycles. The predicted octanol–water partition coefficient (Wildman–Crippen LogP) is 20.1. The van der Waals surface area contributed by atoms with Gasteiger partial charge in [-0.05, 0) is 250 Å². The van der Waals surface area contributed by atoms with Crippen molar-refractivity contribution >= 4 is 43.6 Å². The van der Waals surface area contributed by atoms with E-state index in [2.05, 4.69) is 220 Å². The van der Waals surface area contributed by atoms with Crippen LogP contribution in [0.3, 0.4) is 0 Å². The van der Waals surface area contributed by atoms with Gasteiger partial charge in [-0.2, -0.15) is 5.26 Å². The quantitative estimate of drug-likeness (QED) is 0.157. The second-order valence-electron chi connectivity index (χ2n) is 22.4. The molecule has 3 nitrogen and oxygen atoms in total. The lowest BCUT2D eigenvalue weighted by atomic mass is 9.92. The second-order valence-corrected chi connectivity index (χ2v) is 22.4. The van der Waals surface area contributed by atoms with Gasteiger partial charge in [-0.1, -0.05) is 107 Å². The lowest BCUT2D eigenvalue weighted by molar-refractivity contribution is 0.577. The number of aryl methyl sites for hydroxylation is 12. The Morgan fingerprint density at radius 2 is 0.590 bits per heavy atom. The van der Waals surface area contributed by atoms with E-state index in [1.807, 2.05) is 12.1 Å². The topological polar surface area (TPSA) is 33.6 Å². The molecule has 0 radical (unpaired) electrons. The second kappa shape index (κ2) is 18.7. The molecule has 12 rings (SSSR count). The molecule has 0 amide bonds. The van der Waals surface area contributed by atoms with Crippen molar-refractivity contribution in [2.24, 2.45) is 0 Å². The van der Waals surface area contributed by atoms with Crippen LogP contribution >= 0.6 is 0 Å². The Labute approximate surface area is 456 Å². The van der Waals surface area contributed by atoms with Gasteiger partial charge in [0, 0.05) is 32.9 Å². The molecule has 2 heterocycles. The molecule has 0 saturated carbocycles. The first kappa shape index (κ1) is 50.0. The van der Waals surface area contributed by atoms with Crippen LogP contribution in [0.4, 0.5) is 8.78 Å². The summed E-state index contributed by atoms with van der Waals surface area (Å²) in [6.45, 7) is 26.1. The molecule has 0 N–H and O–H groups in total. The van der Waals surface area contributed by atoms with Gasteiger partial charge in [-0.25, -0.2) is 8.78 Å². The van der Waals surface area contributed by atoms with Crippen LogP contribution in [0.2, 0.25) is 0 Å². The number of hydrogen-bond acceptors (Lipinski definition) is 1. The van der Waals surface area contributed by atoms with Crippen molar-refractivity contribution in [3.05, 3.63) is 236 Å². The summed E-state index contributed by atoms with van der Waals surface area (Å²) in [6, 6.07) is 55.8. The van der Waals surface area contributed by atoms with E-state index in [9.17, 15) is 5.26 Å². The Bertz CT molecular complexity index is 4240. The molecule has 0 spiro atoms. The summed E-state index contributed by atoms with van der Waals surface area (Å²) in [6.07, 6.45) is 0. The SMILES string of the molecule is Cc1cc(C)c(-c2ccc3c(c2)c2ccc(-c4c(C)cc(C)cc4C)cc2n3-c2cc(-c3cc(F)c(C#N)c(F)c3)cc(-n3c4ccc(-c5c(C)cc(C)cc5C)cc4c4ccc(-c5c(C)cc(C)cc5C)cc43)c2)c(C)c1. The van der Waals surface area contributed by atoms with E-state index < -0.39 is 17.2 Å². The average Bonchev–Trinajstić information content (AvgIpc) is 4.13. The average molecular weight is 1020 g/mol. The van der Waals surface area contributed by atoms with Crippen LogP contribution in [-0.4, -0.2) is 9.13 Å². The molecule has 12 aromatic rings. The molecule has 0 unspecified atom stereocenters. The largest absolute Gasteiger partial charge is 0.309 e. The van der Waals surface area contributed by atoms with Crippen molar-refractivity contribution in [2.45, 2.75) is 83.1 Å². The third-order valence-corrected chi connectivity index (χ3v) is 16.3. The van der Waals surface area contributed by atoms with E-state index in [0.717, 1.165) is 77.2 Å². The number of halogens is 2. The van der Waals surface area contributed by atoms with Crippen molar-refractivity contribution in [3.63, 3.8) is 0 Å². The lowest BCUT2D eigenvalue weighted by Crippen LogP contribution is -2.01. The number of fused-ring (bicyclic) bond motifs is 6. The minimum absolute atomic E-state index is 0.326. The van der Waals surface area contributed by atoms with E-state index in [1.165, 1.54) is 101 Å². The molecule has 2 aromatic heterocycles. The normalized spacial score (nSPS) is 11.7. The molecule has 0 aliphatic carbocycles. The number of nitriles is 1. The van der Waals surface area contributed by atoms with Gasteiger partial charge in [-0.15, -0.1) is 0 Å². The van der Waals surface area contributed by atoms with E-state index in [0.29, 0.717) is 11.1 Å². The van der Waals surface area contributed by atoms with Crippen molar-refractivity contribution in [1.82, 2.24) is 9.13 Å². The molecule has 0 bridgehead atoms. The summed E-state index contributed by atoms with van der Waals surface area (Å²) in [7, 11) is 0. The van der Waals surface area contributed by atoms with Gasteiger partial charge >= 0.3 is 0 Å². The highest BCUT2D eigenvalue weighted by Gasteiger charge is 2.23. The first-order valence-electron chi connectivity index (χ1n) is 26.9. The Morgan fingerprint density at radius 1 is 0.295 bits per heavy atom. The first-order valence-corrected chi connectivity index (χ1v) is 26.9. The van der Waals surface area contributed by atoms with Crippen molar-refractivity contribution in [2.75, 3.05) is 0 Å². The molecule has 0 fully saturated rings. The molecule has 382 valence electrons. The molecular formula is C73H61F2N3. The van der Waals surface area contributed by atoms with Crippen LogP contribution in [0.15, 0.2) is 152 Å². The molecule has 78 heavy (non-hydrogen) atoms. The van der Waals surface area contributed by atoms with Crippen LogP contribution in [0.5, 0.6) is 0 Å². The number of rotatable bonds is 7. The highest BCUT2D eigenvalue weighted by molar-refractivity contribution is 6.13. The van der Waals surface area contributed by atoms with E-state index in [-0.39, 0.29) is 0 Å². The minimum Gasteiger partial charge on any atom is -0.309 e. The number of benzene rings is 10. The highest BCUT2D eigenvalue weighted by atomic mass is 19.1. The van der Waals surface area contributed by atoms with Gasteiger partial charge in [0.2, 0.25) is 0 Å². The fourth-order valence-electron chi connectivity index (χ4n) is 13.6. The van der Waals surface area contributed by atoms with E-state index in [4.69, 9.17) is 0 Å². The third kappa shape index (κ3) is 8.21. The van der Waals surface area contributed by atoms with Gasteiger partial charge in [0.25, 0.3) is 0 Å². The van der Waals surface area contributed by atoms with E-state index in [1.54, 1.807) is 6.07 Å². The predicted molar refractivity (Wildman–Crippen MR) is 324 cm³/mol. The fourth-order valence-corrected chi connectivity index (χ4v) is 13.6. The minimum atomic E-state index is -0.904. The molecule has 0 atom stereocenters. The van der Waals surface area contributed by atoms with Gasteiger partial charge in [0.15, 0.2) is 0 Å². The van der Waals surface area contributed by atoms with Crippen LogP contribution in [0, 0.1) is 106 Å². The zero-order chi connectivity index (χ0) is 54.7. The monoisotopic (exact) mass is 1020 g/mol. The maximum atomic E-state index is 16.0. The van der Waals surface area contributed by atoms with Gasteiger partial charge in [0.1, 0.15) is 23.3 Å². The Balaban J connectivity index is 1.20. The van der Waals surface area contributed by atoms with Crippen molar-refractivity contribution in [1.29, 1.82) is 5.26 Å². The zero-order valence-corrected chi connectivity index (χ0v) is 46.5. The van der Waals surface area contributed by atoms with Crippen LogP contribution in [0.1, 0.15) is 72.3 Å². The molecule has 0 aliphatic heterocycles. The molecule has 5 heteroatoms. The zero-order valence-electron chi connectivity index (χ0n) is 46.5. The molecule has 10 aromatic carbocycles. The van der Waals surface area contributed by atoms with Crippen LogP contribution in [-0.2, 0) is 0 Å². The Morgan fingerprint density at radius 3 is 0.910 bits per heavy atom. The smallest absolute Gasteiger partial charge is 0.144 e. The molecule has 0 aliphatic rings. The first-order chi connectivity index (χ1) is 37.3. The number of nitrogens with zero attached hydrogens (tertiary/aromatic N) is 3. The van der Waals surface area contributed by atoms with E-state index >= 15 is 8.78 Å². The fraction of sp³-hybridized carbons (Fsp3) is 0.164. The van der Waals surface area contributed by atoms with Crippen molar-refractivity contribution < 1.29 is 8.78 Å². The Kier molecular flexibility index (Phi) is 12.0. The summed E-state index contributed by atoms with van der Waals surface area (Å²) in [5.74, 6) is -1.81. The standard InChI is InChI=1S/C73H61F2N3/c1-39-21-43(5)70(44(6)22-39)51-15-19-66-61(31-51)59-17-13-53(72-47(9)25-41(3)26-48(72)10)35-68(59)77(66)57-29-55(56-33-64(74)63(38-76)65(75)34-56)30-58(37-57)78-67-20-16-52(71-45(7)23-40(2)24-46(71)8)32-62(67)60-18-14-54(36-69(60)78)73-49(11)27-42(4)28-50(73)12/h13-37H,1-12H3. The van der Waals surface area contributed by atoms with Crippen molar-refractivity contribution in [3.8, 4) is 73.1 Å². The Hall–Kier alpha value is -8.85. The van der Waals surface area contributed by atoms with Crippen LogP contribution < -0.4 is 0 Å². The highest BCUT2D eigenvalue weighted by Crippen LogP contribution is 2.44. The maximum Gasteiger partial charge on any atom is 0.144 e.